The van der Waals surface area contributed by atoms with E-state index in [0.717, 1.165) is 103 Å². The van der Waals surface area contributed by atoms with E-state index in [1.807, 2.05) is 85.7 Å². The molecule has 22 aromatic carbocycles. The molecule has 0 saturated carbocycles. The molecule has 4 heterocycles. The molecular formula is C124H84N10. The molecule has 0 aliphatic rings. The molecule has 0 aliphatic carbocycles. The SMILES string of the molecule is c1ccc(N(c2ccc3ccccc3c2)c2ccc3ccc4c(N(c5ccccc5)c5ccc6ccccc6c5)ccc5ccc2c3c54)cc1.c1ccc(N(c2ccccn2)c2ccc3ccc4c(N(c5ccccc5)c5ccccn5)ccc5ccc2c3c54)cc1.c1ccc(N(c2cccnc2)c2ccc3ccc4c(N(c5ccccc5)c5cccnc5)ccc5ccc2c3c54)cc1. The van der Waals surface area contributed by atoms with E-state index in [-0.39, 0.29) is 0 Å². The van der Waals surface area contributed by atoms with Gasteiger partial charge < -0.3 is 19.6 Å². The number of para-hydroxylation sites is 6. The summed E-state index contributed by atoms with van der Waals surface area (Å²) in [6, 6.07) is 169. The maximum Gasteiger partial charge on any atom is 0.137 e. The van der Waals surface area contributed by atoms with Crippen LogP contribution in [-0.2, 0) is 0 Å². The number of hydrogen-bond donors (Lipinski definition) is 0. The van der Waals surface area contributed by atoms with Crippen molar-refractivity contribution in [2.24, 2.45) is 0 Å². The van der Waals surface area contributed by atoms with E-state index in [1.165, 1.54) is 118 Å². The van der Waals surface area contributed by atoms with Crippen LogP contribution in [0.4, 0.5) is 103 Å². The minimum atomic E-state index is 0.879. The van der Waals surface area contributed by atoms with Crippen molar-refractivity contribution in [3.63, 3.8) is 0 Å². The quantitative estimate of drug-likeness (QED) is 0.0776. The molecule has 26 rings (SSSR count). The van der Waals surface area contributed by atoms with E-state index in [0.29, 0.717) is 0 Å². The molecule has 0 radical (unpaired) electrons. The maximum absolute atomic E-state index is 4.76. The van der Waals surface area contributed by atoms with Crippen LogP contribution in [-0.4, -0.2) is 19.9 Å². The molecule has 0 spiro atoms. The predicted molar refractivity (Wildman–Crippen MR) is 565 cm³/mol. The van der Waals surface area contributed by atoms with Crippen LogP contribution >= 0.6 is 0 Å². The third kappa shape index (κ3) is 14.4. The highest BCUT2D eigenvalue weighted by atomic mass is 15.2. The lowest BCUT2D eigenvalue weighted by Crippen LogP contribution is -2.12. The van der Waals surface area contributed by atoms with Gasteiger partial charge in [0.2, 0.25) is 0 Å². The van der Waals surface area contributed by atoms with Crippen molar-refractivity contribution < 1.29 is 0 Å². The van der Waals surface area contributed by atoms with Crippen molar-refractivity contribution in [3.8, 4) is 0 Å². The van der Waals surface area contributed by atoms with Gasteiger partial charge in [-0.2, -0.15) is 0 Å². The molecule has 10 heteroatoms. The van der Waals surface area contributed by atoms with E-state index in [2.05, 4.69) is 464 Å². The third-order valence-corrected chi connectivity index (χ3v) is 25.9. The van der Waals surface area contributed by atoms with Gasteiger partial charge in [0.15, 0.2) is 0 Å². The van der Waals surface area contributed by atoms with Gasteiger partial charge in [-0.1, -0.05) is 291 Å². The minimum Gasteiger partial charge on any atom is -0.310 e. The Hall–Kier alpha value is -18.1. The fourth-order valence-electron chi connectivity index (χ4n) is 20.0. The standard InChI is InChI=1S/C48H32N2.2C38H26N4/c1-3-15-39(16-4-1)49(41-25-19-33-11-7-9-13-37(33)31-41)45-29-23-35-22-28-44-46(30-24-36-21-27-43(45)47(35)48(36)44)50(40-17-5-2-6-18-40)42-26-20-34-12-8-10-14-38(34)32-42;1-3-11-29(12-4-1)41(35-15-7-9-25-39-35)33-23-19-27-18-22-32-34(24-20-28-17-21-31(33)37(27)38(28)32)42(30-13-5-2-6-14-30)36-16-8-10-26-40-36;1-3-9-29(10-4-1)41(31-13-7-23-39-25-31)35-21-17-27-16-20-34-36(22-18-28-15-19-33(35)37(27)38(28)34)42(30-11-5-2-6-12-30)32-14-8-24-40-26-32/h1-32H;2*1-26H. The fourth-order valence-corrected chi connectivity index (χ4v) is 20.0. The molecule has 10 nitrogen and oxygen atoms in total. The molecule has 0 unspecified atom stereocenters. The Kier molecular flexibility index (Phi) is 20.4. The predicted octanol–water partition coefficient (Wildman–Crippen LogP) is 34.5. The second-order valence-corrected chi connectivity index (χ2v) is 33.7. The maximum atomic E-state index is 4.76. The average Bonchev–Trinajstić information content (AvgIpc) is 0.726. The first-order chi connectivity index (χ1) is 66.5. The Morgan fingerprint density at radius 3 is 0.604 bits per heavy atom. The summed E-state index contributed by atoms with van der Waals surface area (Å²) in [6.07, 6.45) is 11.2. The second kappa shape index (κ2) is 34.5. The fraction of sp³-hybridized carbons (Fsp3) is 0. The molecule has 0 amide bonds. The molecule has 0 aliphatic heterocycles. The first-order valence-electron chi connectivity index (χ1n) is 45.4. The number of nitrogens with zero attached hydrogens (tertiary/aromatic N) is 10. The smallest absolute Gasteiger partial charge is 0.137 e. The summed E-state index contributed by atoms with van der Waals surface area (Å²) in [5.74, 6) is 1.76. The van der Waals surface area contributed by atoms with E-state index in [4.69, 9.17) is 9.97 Å². The molecular weight excluding hydrogens is 1630 g/mol. The molecule has 630 valence electrons. The van der Waals surface area contributed by atoms with E-state index in [9.17, 15) is 0 Å². The average molecular weight is 1710 g/mol. The summed E-state index contributed by atoms with van der Waals surface area (Å²) in [5, 5.41) is 27.1. The summed E-state index contributed by atoms with van der Waals surface area (Å²) in [4.78, 5) is 32.3. The Morgan fingerprint density at radius 2 is 0.351 bits per heavy atom. The Bertz CT molecular complexity index is 7710. The van der Waals surface area contributed by atoms with Crippen LogP contribution in [0.5, 0.6) is 0 Å². The molecule has 0 bridgehead atoms. The van der Waals surface area contributed by atoms with Crippen molar-refractivity contribution in [1.82, 2.24) is 19.9 Å². The zero-order chi connectivity index (χ0) is 88.8. The molecule has 0 saturated heterocycles. The van der Waals surface area contributed by atoms with Crippen molar-refractivity contribution in [2.75, 3.05) is 29.4 Å². The second-order valence-electron chi connectivity index (χ2n) is 33.7. The number of pyridine rings is 4. The van der Waals surface area contributed by atoms with Gasteiger partial charge in [0, 0.05) is 103 Å². The van der Waals surface area contributed by atoms with Gasteiger partial charge in [0.25, 0.3) is 0 Å². The van der Waals surface area contributed by atoms with Crippen molar-refractivity contribution >= 4 is 221 Å². The highest BCUT2D eigenvalue weighted by molar-refractivity contribution is 6.31. The monoisotopic (exact) mass is 1710 g/mol. The number of anilines is 18. The first-order valence-corrected chi connectivity index (χ1v) is 45.4. The Labute approximate surface area is 775 Å². The van der Waals surface area contributed by atoms with E-state index < -0.39 is 0 Å². The summed E-state index contributed by atoms with van der Waals surface area (Å²) in [7, 11) is 0. The number of benzene rings is 22. The van der Waals surface area contributed by atoms with Gasteiger partial charge in [-0.15, -0.1) is 0 Å². The van der Waals surface area contributed by atoms with Crippen LogP contribution in [0.3, 0.4) is 0 Å². The summed E-state index contributed by atoms with van der Waals surface area (Å²) in [6.45, 7) is 0. The summed E-state index contributed by atoms with van der Waals surface area (Å²) < 4.78 is 0. The highest BCUT2D eigenvalue weighted by Gasteiger charge is 2.28. The van der Waals surface area contributed by atoms with Crippen LogP contribution in [0.2, 0.25) is 0 Å². The molecule has 0 N–H and O–H groups in total. The number of hydrogen-bond acceptors (Lipinski definition) is 10. The zero-order valence-electron chi connectivity index (χ0n) is 73.0. The largest absolute Gasteiger partial charge is 0.310 e. The van der Waals surface area contributed by atoms with Crippen molar-refractivity contribution in [2.45, 2.75) is 0 Å². The lowest BCUT2D eigenvalue weighted by atomic mass is 9.91. The molecule has 0 atom stereocenters. The van der Waals surface area contributed by atoms with Crippen molar-refractivity contribution in [3.05, 3.63) is 510 Å². The van der Waals surface area contributed by atoms with Crippen molar-refractivity contribution in [1.29, 1.82) is 0 Å². The van der Waals surface area contributed by atoms with E-state index in [1.54, 1.807) is 0 Å². The minimum absolute atomic E-state index is 0.879. The summed E-state index contributed by atoms with van der Waals surface area (Å²) in [5.41, 5.74) is 17.6. The van der Waals surface area contributed by atoms with E-state index >= 15 is 0 Å². The lowest BCUT2D eigenvalue weighted by Gasteiger charge is -2.29. The van der Waals surface area contributed by atoms with Crippen LogP contribution in [0.25, 0.3) is 118 Å². The van der Waals surface area contributed by atoms with Gasteiger partial charge in [0.05, 0.1) is 57.9 Å². The van der Waals surface area contributed by atoms with Crippen LogP contribution in [0.15, 0.2) is 510 Å². The highest BCUT2D eigenvalue weighted by Crippen LogP contribution is 2.53. The molecule has 0 fully saturated rings. The topological polar surface area (TPSA) is 71.0 Å². The molecule has 26 aromatic rings. The van der Waals surface area contributed by atoms with Gasteiger partial charge in [-0.25, -0.2) is 9.97 Å². The molecule has 4 aromatic heterocycles. The number of aromatic nitrogens is 4. The first kappa shape index (κ1) is 79.3. The Balaban J connectivity index is 0.000000111. The normalized spacial score (nSPS) is 11.4. The van der Waals surface area contributed by atoms with Crippen LogP contribution in [0, 0.1) is 0 Å². The van der Waals surface area contributed by atoms with Gasteiger partial charge in [-0.05, 0) is 268 Å². The lowest BCUT2D eigenvalue weighted by molar-refractivity contribution is 1.19. The van der Waals surface area contributed by atoms with Crippen LogP contribution < -0.4 is 29.4 Å². The summed E-state index contributed by atoms with van der Waals surface area (Å²) >= 11 is 0. The number of rotatable bonds is 18. The van der Waals surface area contributed by atoms with Gasteiger partial charge in [0.1, 0.15) is 11.6 Å². The third-order valence-electron chi connectivity index (χ3n) is 25.9. The van der Waals surface area contributed by atoms with Gasteiger partial charge in [-0.3, -0.25) is 19.8 Å². The number of fused-ring (bicyclic) bond motifs is 2. The molecule has 134 heavy (non-hydrogen) atoms. The zero-order valence-corrected chi connectivity index (χ0v) is 73.0. The Morgan fingerprint density at radius 1 is 0.134 bits per heavy atom. The van der Waals surface area contributed by atoms with Crippen LogP contribution in [0.1, 0.15) is 0 Å². The van der Waals surface area contributed by atoms with Gasteiger partial charge >= 0.3 is 0 Å².